The third-order valence-electron chi connectivity index (χ3n) is 4.45. The van der Waals surface area contributed by atoms with E-state index in [-0.39, 0.29) is 11.4 Å². The molecule has 0 aromatic heterocycles. The van der Waals surface area contributed by atoms with E-state index in [1.54, 1.807) is 12.1 Å². The number of anilines is 1. The zero-order valence-corrected chi connectivity index (χ0v) is 20.7. The van der Waals surface area contributed by atoms with Gasteiger partial charge in [-0.15, -0.1) is 0 Å². The molecule has 2 aromatic rings. The molecule has 2 rings (SSSR count). The highest BCUT2D eigenvalue weighted by Gasteiger charge is 2.21. The Balaban J connectivity index is 2.31. The number of ether oxygens (including phenoxy) is 4. The Kier molecular flexibility index (Phi) is 9.11. The summed E-state index contributed by atoms with van der Waals surface area (Å²) in [6, 6.07) is 7.47. The summed E-state index contributed by atoms with van der Waals surface area (Å²) >= 11 is 0. The predicted molar refractivity (Wildman–Crippen MR) is 126 cm³/mol. The highest BCUT2D eigenvalue weighted by Crippen LogP contribution is 2.36. The second-order valence-electron chi connectivity index (χ2n) is 6.96. The summed E-state index contributed by atoms with van der Waals surface area (Å²) in [5.74, 6) is 0.00796. The van der Waals surface area contributed by atoms with E-state index in [9.17, 15) is 17.8 Å². The van der Waals surface area contributed by atoms with Crippen molar-refractivity contribution in [3.63, 3.8) is 0 Å². The van der Waals surface area contributed by atoms with Gasteiger partial charge in [0, 0.05) is 17.5 Å². The van der Waals surface area contributed by atoms with Crippen molar-refractivity contribution < 1.29 is 46.5 Å². The first kappa shape index (κ1) is 27.2. The molecule has 0 fully saturated rings. The minimum absolute atomic E-state index is 0.0797. The van der Waals surface area contributed by atoms with Crippen molar-refractivity contribution in [2.75, 3.05) is 39.9 Å². The van der Waals surface area contributed by atoms with Crippen LogP contribution >= 0.6 is 7.60 Å². The molecule has 3 N–H and O–H groups in total. The number of carbonyl (C=O) groups is 1. The molecule has 0 atom stereocenters. The van der Waals surface area contributed by atoms with Crippen LogP contribution in [-0.4, -0.2) is 58.7 Å². The maximum atomic E-state index is 12.8. The average molecular weight is 515 g/mol. The largest absolute Gasteiger partial charge is 0.496 e. The summed E-state index contributed by atoms with van der Waals surface area (Å²) in [4.78, 5) is 29.8. The summed E-state index contributed by atoms with van der Waals surface area (Å²) in [6.07, 6.45) is 0.325. The van der Waals surface area contributed by atoms with Crippen LogP contribution in [0.4, 0.5) is 5.69 Å². The van der Waals surface area contributed by atoms with Gasteiger partial charge in [-0.25, -0.2) is 8.42 Å². The number of sulfone groups is 1. The van der Waals surface area contributed by atoms with Crippen LogP contribution in [0.3, 0.4) is 0 Å². The summed E-state index contributed by atoms with van der Waals surface area (Å²) < 4.78 is 57.5. The molecular weight excluding hydrogens is 489 g/mol. The Morgan fingerprint density at radius 1 is 0.971 bits per heavy atom. The highest BCUT2D eigenvalue weighted by molar-refractivity contribution is 7.93. The molecule has 1 amide bonds. The van der Waals surface area contributed by atoms with Crippen molar-refractivity contribution in [3.8, 4) is 23.0 Å². The van der Waals surface area contributed by atoms with E-state index in [2.05, 4.69) is 5.32 Å². The SMILES string of the molecule is COc1cc(OC)c(C=CS(=O)(=O)Cc2ccc(OC)c(NC(=O)CP(=O)(O)O)c2)c(OC)c1. The van der Waals surface area contributed by atoms with Crippen LogP contribution < -0.4 is 24.3 Å². The molecule has 0 bridgehead atoms. The second kappa shape index (κ2) is 11.4. The molecule has 0 spiro atoms. The molecule has 0 saturated heterocycles. The topological polar surface area (TPSA) is 158 Å². The number of benzene rings is 2. The van der Waals surface area contributed by atoms with E-state index in [4.69, 9.17) is 28.7 Å². The van der Waals surface area contributed by atoms with Gasteiger partial charge in [-0.2, -0.15) is 0 Å². The zero-order valence-electron chi connectivity index (χ0n) is 19.0. The zero-order chi connectivity index (χ0) is 25.5. The quantitative estimate of drug-likeness (QED) is 0.380. The van der Waals surface area contributed by atoms with Gasteiger partial charge in [-0.3, -0.25) is 9.36 Å². The molecule has 0 radical (unpaired) electrons. The summed E-state index contributed by atoms with van der Waals surface area (Å²) in [5.41, 5.74) is 0.788. The molecule has 13 heteroatoms. The second-order valence-corrected chi connectivity index (χ2v) is 10.5. The first-order chi connectivity index (χ1) is 15.9. The van der Waals surface area contributed by atoms with Crippen molar-refractivity contribution in [1.82, 2.24) is 0 Å². The summed E-state index contributed by atoms with van der Waals surface area (Å²) in [5, 5.41) is 3.34. The van der Waals surface area contributed by atoms with Crippen molar-refractivity contribution in [1.29, 1.82) is 0 Å². The van der Waals surface area contributed by atoms with Gasteiger partial charge >= 0.3 is 7.60 Å². The molecule has 0 unspecified atom stereocenters. The lowest BCUT2D eigenvalue weighted by Crippen LogP contribution is -2.17. The predicted octanol–water partition coefficient (Wildman–Crippen LogP) is 2.42. The lowest BCUT2D eigenvalue weighted by Gasteiger charge is -2.13. The number of methoxy groups -OCH3 is 4. The Morgan fingerprint density at radius 2 is 1.56 bits per heavy atom. The Morgan fingerprint density at radius 3 is 2.06 bits per heavy atom. The number of amides is 1. The van der Waals surface area contributed by atoms with Gasteiger partial charge in [-0.05, 0) is 23.8 Å². The van der Waals surface area contributed by atoms with Gasteiger partial charge < -0.3 is 34.1 Å². The fourth-order valence-corrected chi connectivity index (χ4v) is 4.51. The van der Waals surface area contributed by atoms with Crippen molar-refractivity contribution in [3.05, 3.63) is 46.9 Å². The van der Waals surface area contributed by atoms with Gasteiger partial charge in [0.15, 0.2) is 9.84 Å². The number of hydrogen-bond donors (Lipinski definition) is 3. The summed E-state index contributed by atoms with van der Waals surface area (Å²) in [6.45, 7) is 0. The number of nitrogens with one attached hydrogen (secondary N) is 1. The lowest BCUT2D eigenvalue weighted by atomic mass is 10.1. The Labute approximate surface area is 197 Å². The summed E-state index contributed by atoms with van der Waals surface area (Å²) in [7, 11) is -2.69. The fourth-order valence-electron chi connectivity index (χ4n) is 2.97. The van der Waals surface area contributed by atoms with Crippen LogP contribution in [0, 0.1) is 0 Å². The first-order valence-corrected chi connectivity index (χ1v) is 13.1. The van der Waals surface area contributed by atoms with E-state index in [1.807, 2.05) is 0 Å². The van der Waals surface area contributed by atoms with Gasteiger partial charge in [-0.1, -0.05) is 6.07 Å². The first-order valence-electron chi connectivity index (χ1n) is 9.63. The van der Waals surface area contributed by atoms with E-state index in [0.717, 1.165) is 5.41 Å². The van der Waals surface area contributed by atoms with E-state index in [1.165, 1.54) is 52.7 Å². The maximum absolute atomic E-state index is 12.8. The fraction of sp³-hybridized carbons (Fsp3) is 0.286. The molecule has 0 heterocycles. The number of carbonyl (C=O) groups excluding carboxylic acids is 1. The van der Waals surface area contributed by atoms with Crippen LogP contribution in [0.1, 0.15) is 11.1 Å². The molecule has 34 heavy (non-hydrogen) atoms. The third kappa shape index (κ3) is 7.77. The van der Waals surface area contributed by atoms with Crippen LogP contribution in [0.2, 0.25) is 0 Å². The molecule has 186 valence electrons. The minimum Gasteiger partial charge on any atom is -0.496 e. The van der Waals surface area contributed by atoms with E-state index < -0.39 is 35.3 Å². The molecule has 0 aliphatic carbocycles. The lowest BCUT2D eigenvalue weighted by molar-refractivity contribution is -0.114. The standard InChI is InChI=1S/C21H26NO10PS/c1-29-15-10-19(31-3)16(20(11-15)32-4)7-8-34(27,28)13-14-5-6-18(30-2)17(9-14)22-21(23)12-33(24,25)26/h5-11H,12-13H2,1-4H3,(H,22,23)(H2,24,25,26). The molecule has 0 aliphatic heterocycles. The van der Waals surface area contributed by atoms with Crippen molar-refractivity contribution in [2.24, 2.45) is 0 Å². The molecule has 0 aliphatic rings. The van der Waals surface area contributed by atoms with Crippen LogP contribution in [0.5, 0.6) is 23.0 Å². The Bertz CT molecular complexity index is 1200. The number of rotatable bonds is 11. The minimum atomic E-state index is -4.57. The normalized spacial score (nSPS) is 11.8. The van der Waals surface area contributed by atoms with Crippen molar-refractivity contribution in [2.45, 2.75) is 5.75 Å². The highest BCUT2D eigenvalue weighted by atomic mass is 32.2. The molecular formula is C21H26NO10PS. The van der Waals surface area contributed by atoms with E-state index in [0.29, 0.717) is 28.4 Å². The van der Waals surface area contributed by atoms with Gasteiger partial charge in [0.1, 0.15) is 29.2 Å². The average Bonchev–Trinajstić information content (AvgIpc) is 2.75. The van der Waals surface area contributed by atoms with Crippen LogP contribution in [0.25, 0.3) is 6.08 Å². The monoisotopic (exact) mass is 515 g/mol. The van der Waals surface area contributed by atoms with Crippen molar-refractivity contribution >= 4 is 35.1 Å². The maximum Gasteiger partial charge on any atom is 0.334 e. The molecule has 0 saturated carbocycles. The third-order valence-corrected chi connectivity index (χ3v) is 6.44. The van der Waals surface area contributed by atoms with Gasteiger partial charge in [0.05, 0.1) is 45.4 Å². The van der Waals surface area contributed by atoms with Crippen LogP contribution in [-0.2, 0) is 24.9 Å². The van der Waals surface area contributed by atoms with Gasteiger partial charge in [0.25, 0.3) is 0 Å². The van der Waals surface area contributed by atoms with Crippen LogP contribution in [0.15, 0.2) is 35.7 Å². The molecule has 11 nitrogen and oxygen atoms in total. The Hall–Kier alpha value is -3.05. The number of hydrogen-bond acceptors (Lipinski definition) is 8. The van der Waals surface area contributed by atoms with Gasteiger partial charge in [0.2, 0.25) is 5.91 Å². The molecule has 2 aromatic carbocycles. The van der Waals surface area contributed by atoms with E-state index >= 15 is 0 Å². The smallest absolute Gasteiger partial charge is 0.334 e.